The molecule has 0 amide bonds. The average Bonchev–Trinajstić information content (AvgIpc) is 2.39. The molecule has 0 bridgehead atoms. The van der Waals surface area contributed by atoms with Crippen molar-refractivity contribution in [3.05, 3.63) is 0 Å². The fourth-order valence-corrected chi connectivity index (χ4v) is 1.23. The number of nitrogens with two attached hydrogens (primary N) is 1. The van der Waals surface area contributed by atoms with Crippen molar-refractivity contribution in [1.29, 1.82) is 0 Å². The van der Waals surface area contributed by atoms with Crippen LogP contribution in [0.4, 0.5) is 0 Å². The van der Waals surface area contributed by atoms with Crippen LogP contribution in [0.2, 0.25) is 0 Å². The minimum atomic E-state index is -0.920. The highest BCUT2D eigenvalue weighted by molar-refractivity contribution is 5.85. The van der Waals surface area contributed by atoms with E-state index in [0.717, 1.165) is 13.0 Å². The number of aliphatic carboxylic acids is 1. The highest BCUT2D eigenvalue weighted by Gasteiger charge is 2.21. The fraction of sp³-hybridized carbons (Fsp3) is 0.857. The van der Waals surface area contributed by atoms with Crippen LogP contribution in [0.15, 0.2) is 0 Å². The van der Waals surface area contributed by atoms with Crippen LogP contribution in [0.3, 0.4) is 0 Å². The van der Waals surface area contributed by atoms with Crippen LogP contribution in [0, 0.1) is 5.92 Å². The smallest absolute Gasteiger partial charge is 0.320 e. The topological polar surface area (TPSA) is 72.5 Å². The zero-order valence-electron chi connectivity index (χ0n) is 6.73. The third kappa shape index (κ3) is 3.38. The third-order valence-electron chi connectivity index (χ3n) is 1.93. The lowest BCUT2D eigenvalue weighted by Crippen LogP contribution is -2.32. The Bertz CT molecular complexity index is 148. The SMILES string of the molecule is Cl.NC(CC1CCOC1)C(=O)O. The van der Waals surface area contributed by atoms with Gasteiger partial charge >= 0.3 is 5.97 Å². The first-order valence-corrected chi connectivity index (χ1v) is 3.76. The Hall–Kier alpha value is -0.320. The van der Waals surface area contributed by atoms with Gasteiger partial charge in [-0.05, 0) is 18.8 Å². The van der Waals surface area contributed by atoms with Crippen molar-refractivity contribution in [2.45, 2.75) is 18.9 Å². The van der Waals surface area contributed by atoms with E-state index in [0.29, 0.717) is 18.9 Å². The maximum atomic E-state index is 10.3. The quantitative estimate of drug-likeness (QED) is 0.677. The Kier molecular flexibility index (Phi) is 5.20. The molecule has 0 saturated carbocycles. The Morgan fingerprint density at radius 3 is 2.83 bits per heavy atom. The van der Waals surface area contributed by atoms with Gasteiger partial charge in [0.15, 0.2) is 0 Å². The maximum absolute atomic E-state index is 10.3. The van der Waals surface area contributed by atoms with Crippen LogP contribution in [0.5, 0.6) is 0 Å². The van der Waals surface area contributed by atoms with Crippen molar-refractivity contribution >= 4 is 18.4 Å². The molecule has 1 rings (SSSR count). The largest absolute Gasteiger partial charge is 0.480 e. The number of halogens is 1. The third-order valence-corrected chi connectivity index (χ3v) is 1.93. The van der Waals surface area contributed by atoms with Gasteiger partial charge in [-0.2, -0.15) is 0 Å². The van der Waals surface area contributed by atoms with Gasteiger partial charge in [0, 0.05) is 13.2 Å². The van der Waals surface area contributed by atoms with Gasteiger partial charge in [0.2, 0.25) is 0 Å². The Balaban J connectivity index is 0.00000121. The molecular weight excluding hydrogens is 182 g/mol. The monoisotopic (exact) mass is 195 g/mol. The summed E-state index contributed by atoms with van der Waals surface area (Å²) in [7, 11) is 0. The summed E-state index contributed by atoms with van der Waals surface area (Å²) in [5.41, 5.74) is 5.34. The lowest BCUT2D eigenvalue weighted by Gasteiger charge is -2.10. The zero-order valence-corrected chi connectivity index (χ0v) is 7.55. The molecule has 2 atom stereocenters. The first-order valence-electron chi connectivity index (χ1n) is 3.76. The molecule has 12 heavy (non-hydrogen) atoms. The van der Waals surface area contributed by atoms with Gasteiger partial charge in [0.05, 0.1) is 0 Å². The molecule has 1 aliphatic rings. The molecule has 0 radical (unpaired) electrons. The molecule has 72 valence electrons. The second-order valence-electron chi connectivity index (χ2n) is 2.91. The van der Waals surface area contributed by atoms with Crippen LogP contribution in [0.1, 0.15) is 12.8 Å². The van der Waals surface area contributed by atoms with E-state index >= 15 is 0 Å². The van der Waals surface area contributed by atoms with Gasteiger partial charge in [0.25, 0.3) is 0 Å². The molecule has 0 spiro atoms. The minimum absolute atomic E-state index is 0. The molecule has 3 N–H and O–H groups in total. The molecule has 5 heteroatoms. The number of ether oxygens (including phenoxy) is 1. The van der Waals surface area contributed by atoms with Crippen molar-refractivity contribution in [3.63, 3.8) is 0 Å². The second kappa shape index (κ2) is 5.35. The average molecular weight is 196 g/mol. The molecule has 0 aromatic heterocycles. The van der Waals surface area contributed by atoms with Crippen molar-refractivity contribution in [1.82, 2.24) is 0 Å². The van der Waals surface area contributed by atoms with Gasteiger partial charge < -0.3 is 15.6 Å². The summed E-state index contributed by atoms with van der Waals surface area (Å²) in [5, 5.41) is 8.48. The van der Waals surface area contributed by atoms with E-state index in [9.17, 15) is 4.79 Å². The summed E-state index contributed by atoms with van der Waals surface area (Å²) in [5.74, 6) is -0.571. The van der Waals surface area contributed by atoms with Crippen LogP contribution in [0.25, 0.3) is 0 Å². The molecule has 4 nitrogen and oxygen atoms in total. The van der Waals surface area contributed by atoms with Gasteiger partial charge in [-0.3, -0.25) is 4.79 Å². The second-order valence-corrected chi connectivity index (χ2v) is 2.91. The minimum Gasteiger partial charge on any atom is -0.480 e. The highest BCUT2D eigenvalue weighted by atomic mass is 35.5. The van der Waals surface area contributed by atoms with Gasteiger partial charge in [-0.15, -0.1) is 12.4 Å². The van der Waals surface area contributed by atoms with Crippen LogP contribution in [-0.4, -0.2) is 30.3 Å². The van der Waals surface area contributed by atoms with E-state index in [4.69, 9.17) is 15.6 Å². The summed E-state index contributed by atoms with van der Waals surface area (Å²) < 4.78 is 5.09. The molecule has 1 saturated heterocycles. The van der Waals surface area contributed by atoms with E-state index in [2.05, 4.69) is 0 Å². The summed E-state index contributed by atoms with van der Waals surface area (Å²) in [6.45, 7) is 1.41. The summed E-state index contributed by atoms with van der Waals surface area (Å²) in [6.07, 6.45) is 1.48. The molecule has 0 aromatic rings. The summed E-state index contributed by atoms with van der Waals surface area (Å²) in [6, 6.07) is -0.721. The van der Waals surface area contributed by atoms with E-state index in [1.807, 2.05) is 0 Å². The predicted octanol–water partition coefficient (Wildman–Crippen LogP) is 0.247. The van der Waals surface area contributed by atoms with Crippen molar-refractivity contribution in [2.75, 3.05) is 13.2 Å². The molecule has 1 heterocycles. The molecule has 1 aliphatic heterocycles. The standard InChI is InChI=1S/C7H13NO3.ClH/c8-6(7(9)10)3-5-1-2-11-4-5;/h5-6H,1-4,8H2,(H,9,10);1H. The Morgan fingerprint density at radius 1 is 1.75 bits per heavy atom. The fourth-order valence-electron chi connectivity index (χ4n) is 1.23. The van der Waals surface area contributed by atoms with Gasteiger partial charge in [0.1, 0.15) is 6.04 Å². The van der Waals surface area contributed by atoms with Crippen molar-refractivity contribution in [2.24, 2.45) is 11.7 Å². The van der Waals surface area contributed by atoms with E-state index in [1.165, 1.54) is 0 Å². The summed E-state index contributed by atoms with van der Waals surface area (Å²) >= 11 is 0. The van der Waals surface area contributed by atoms with Crippen LogP contribution >= 0.6 is 12.4 Å². The number of rotatable bonds is 3. The molecule has 2 unspecified atom stereocenters. The number of carbonyl (C=O) groups is 1. The van der Waals surface area contributed by atoms with E-state index in [-0.39, 0.29) is 12.4 Å². The van der Waals surface area contributed by atoms with Crippen molar-refractivity contribution < 1.29 is 14.6 Å². The van der Waals surface area contributed by atoms with Gasteiger partial charge in [-0.1, -0.05) is 0 Å². The normalized spacial score (nSPS) is 24.6. The van der Waals surface area contributed by atoms with Crippen LogP contribution < -0.4 is 5.73 Å². The number of hydrogen-bond acceptors (Lipinski definition) is 3. The lowest BCUT2D eigenvalue weighted by molar-refractivity contribution is -0.138. The Labute approximate surface area is 77.5 Å². The van der Waals surface area contributed by atoms with Crippen LogP contribution in [-0.2, 0) is 9.53 Å². The highest BCUT2D eigenvalue weighted by Crippen LogP contribution is 2.17. The first kappa shape index (κ1) is 11.7. The molecule has 0 aliphatic carbocycles. The molecule has 1 fully saturated rings. The maximum Gasteiger partial charge on any atom is 0.320 e. The van der Waals surface area contributed by atoms with Crippen molar-refractivity contribution in [3.8, 4) is 0 Å². The van der Waals surface area contributed by atoms with E-state index in [1.54, 1.807) is 0 Å². The van der Waals surface area contributed by atoms with Gasteiger partial charge in [-0.25, -0.2) is 0 Å². The molecular formula is C7H14ClNO3. The summed E-state index contributed by atoms with van der Waals surface area (Å²) in [4.78, 5) is 10.3. The number of carboxylic acids is 1. The number of hydrogen-bond donors (Lipinski definition) is 2. The lowest BCUT2D eigenvalue weighted by atomic mass is 10.00. The van der Waals surface area contributed by atoms with E-state index < -0.39 is 12.0 Å². The zero-order chi connectivity index (χ0) is 8.27. The first-order chi connectivity index (χ1) is 5.20. The molecule has 0 aromatic carbocycles. The Morgan fingerprint density at radius 2 is 2.42 bits per heavy atom. The number of carboxylic acid groups (broad SMARTS) is 1. The predicted molar refractivity (Wildman–Crippen MR) is 46.4 cm³/mol.